The van der Waals surface area contributed by atoms with Crippen LogP contribution < -0.4 is 10.6 Å². The first-order chi connectivity index (χ1) is 12.7. The molecule has 2 aliphatic rings. The molecule has 2 N–H and O–H groups in total. The van der Waals surface area contributed by atoms with Gasteiger partial charge in [-0.05, 0) is 61.6 Å². The van der Waals surface area contributed by atoms with E-state index in [0.29, 0.717) is 16.7 Å². The van der Waals surface area contributed by atoms with E-state index in [4.69, 9.17) is 4.42 Å². The van der Waals surface area contributed by atoms with Crippen LogP contribution >= 0.6 is 0 Å². The molecule has 0 unspecified atom stereocenters. The largest absolute Gasteiger partial charge is 0.459 e. The first kappa shape index (κ1) is 16.8. The maximum absolute atomic E-state index is 12.8. The first-order valence-corrected chi connectivity index (χ1v) is 9.10. The Balaban J connectivity index is 1.41. The van der Waals surface area contributed by atoms with Crippen molar-refractivity contribution in [2.24, 2.45) is 5.41 Å². The molecule has 1 aromatic carbocycles. The molecule has 6 heteroatoms. The van der Waals surface area contributed by atoms with Gasteiger partial charge in [-0.2, -0.15) is 0 Å². The molecule has 26 heavy (non-hydrogen) atoms. The molecule has 1 aromatic heterocycles. The molecule has 2 aliphatic heterocycles. The second-order valence-electron chi connectivity index (χ2n) is 7.23. The Morgan fingerprint density at radius 2 is 1.96 bits per heavy atom. The smallest absolute Gasteiger partial charge is 0.291 e. The maximum Gasteiger partial charge on any atom is 0.291 e. The molecule has 4 rings (SSSR count). The van der Waals surface area contributed by atoms with Crippen molar-refractivity contribution < 1.29 is 14.0 Å². The number of furan rings is 1. The van der Waals surface area contributed by atoms with E-state index in [1.54, 1.807) is 36.4 Å². The average Bonchev–Trinajstić information content (AvgIpc) is 3.35. The number of amides is 2. The van der Waals surface area contributed by atoms with Crippen LogP contribution in [0.1, 0.15) is 40.2 Å². The minimum Gasteiger partial charge on any atom is -0.459 e. The molecule has 0 atom stereocenters. The molecule has 3 heterocycles. The fourth-order valence-corrected chi connectivity index (χ4v) is 3.92. The summed E-state index contributed by atoms with van der Waals surface area (Å²) in [4.78, 5) is 26.9. The summed E-state index contributed by atoms with van der Waals surface area (Å²) in [5.74, 6) is -0.0543. The van der Waals surface area contributed by atoms with Crippen LogP contribution in [-0.4, -0.2) is 42.9 Å². The van der Waals surface area contributed by atoms with Gasteiger partial charge in [0.05, 0.1) is 6.26 Å². The van der Waals surface area contributed by atoms with E-state index in [1.165, 1.54) is 12.7 Å². The molecule has 0 radical (unpaired) electrons. The van der Waals surface area contributed by atoms with Gasteiger partial charge in [-0.15, -0.1) is 0 Å². The number of hydrogen-bond donors (Lipinski definition) is 2. The SMILES string of the molecule is O=C(Nc1cccc(C(=O)N2CCC3(CCNC3)CC2)c1)c1ccco1. The molecule has 0 bridgehead atoms. The molecule has 2 aromatic rings. The summed E-state index contributed by atoms with van der Waals surface area (Å²) in [5, 5.41) is 6.21. The minimum atomic E-state index is -0.326. The number of likely N-dealkylation sites (tertiary alicyclic amines) is 1. The van der Waals surface area contributed by atoms with Crippen LogP contribution in [0.25, 0.3) is 0 Å². The Bertz CT molecular complexity index is 784. The molecule has 0 saturated carbocycles. The Kier molecular flexibility index (Phi) is 4.51. The lowest BCUT2D eigenvalue weighted by atomic mass is 9.78. The molecule has 1 spiro atoms. The van der Waals surface area contributed by atoms with Crippen molar-refractivity contribution in [3.63, 3.8) is 0 Å². The number of carbonyl (C=O) groups is 2. The van der Waals surface area contributed by atoms with Gasteiger partial charge in [0.25, 0.3) is 11.8 Å². The van der Waals surface area contributed by atoms with Gasteiger partial charge in [0.2, 0.25) is 0 Å². The monoisotopic (exact) mass is 353 g/mol. The highest BCUT2D eigenvalue weighted by molar-refractivity contribution is 6.03. The molecular weight excluding hydrogens is 330 g/mol. The number of piperidine rings is 1. The lowest BCUT2D eigenvalue weighted by molar-refractivity contribution is 0.0607. The second kappa shape index (κ2) is 6.96. The van der Waals surface area contributed by atoms with Crippen molar-refractivity contribution in [1.29, 1.82) is 0 Å². The number of nitrogens with one attached hydrogen (secondary N) is 2. The van der Waals surface area contributed by atoms with Crippen LogP contribution in [0.4, 0.5) is 5.69 Å². The summed E-state index contributed by atoms with van der Waals surface area (Å²) in [6.07, 6.45) is 4.78. The molecule has 2 amide bonds. The summed E-state index contributed by atoms with van der Waals surface area (Å²) in [6, 6.07) is 10.4. The molecular formula is C20H23N3O3. The van der Waals surface area contributed by atoms with Gasteiger partial charge in [-0.3, -0.25) is 9.59 Å². The number of rotatable bonds is 3. The number of anilines is 1. The highest BCUT2D eigenvalue weighted by Gasteiger charge is 2.38. The van der Waals surface area contributed by atoms with E-state index in [9.17, 15) is 9.59 Å². The third-order valence-corrected chi connectivity index (χ3v) is 5.56. The summed E-state index contributed by atoms with van der Waals surface area (Å²) in [6.45, 7) is 3.75. The first-order valence-electron chi connectivity index (χ1n) is 9.10. The van der Waals surface area contributed by atoms with Crippen LogP contribution in [0.2, 0.25) is 0 Å². The van der Waals surface area contributed by atoms with Crippen molar-refractivity contribution in [2.75, 3.05) is 31.5 Å². The van der Waals surface area contributed by atoms with Crippen LogP contribution in [0.15, 0.2) is 47.1 Å². The van der Waals surface area contributed by atoms with Crippen LogP contribution in [0.3, 0.4) is 0 Å². The summed E-state index contributed by atoms with van der Waals surface area (Å²) < 4.78 is 5.09. The summed E-state index contributed by atoms with van der Waals surface area (Å²) >= 11 is 0. The van der Waals surface area contributed by atoms with Crippen LogP contribution in [0, 0.1) is 5.41 Å². The van der Waals surface area contributed by atoms with Gasteiger partial charge >= 0.3 is 0 Å². The maximum atomic E-state index is 12.8. The van der Waals surface area contributed by atoms with E-state index in [-0.39, 0.29) is 17.6 Å². The Morgan fingerprint density at radius 1 is 1.12 bits per heavy atom. The summed E-state index contributed by atoms with van der Waals surface area (Å²) in [5.41, 5.74) is 1.57. The van der Waals surface area contributed by atoms with E-state index in [1.807, 2.05) is 4.90 Å². The van der Waals surface area contributed by atoms with Crippen LogP contribution in [0.5, 0.6) is 0 Å². The van der Waals surface area contributed by atoms with Gasteiger partial charge in [-0.25, -0.2) is 0 Å². The van der Waals surface area contributed by atoms with Crippen molar-refractivity contribution in [3.8, 4) is 0 Å². The van der Waals surface area contributed by atoms with Gasteiger partial charge < -0.3 is 20.0 Å². The molecule has 2 saturated heterocycles. The quantitative estimate of drug-likeness (QED) is 0.890. The zero-order valence-corrected chi connectivity index (χ0v) is 14.7. The number of nitrogens with zero attached hydrogens (tertiary/aromatic N) is 1. The Morgan fingerprint density at radius 3 is 2.65 bits per heavy atom. The highest BCUT2D eigenvalue weighted by Crippen LogP contribution is 2.37. The number of carbonyl (C=O) groups excluding carboxylic acids is 2. The number of benzene rings is 1. The fraction of sp³-hybridized carbons (Fsp3) is 0.400. The minimum absolute atomic E-state index is 0.0277. The average molecular weight is 353 g/mol. The molecule has 136 valence electrons. The van der Waals surface area contributed by atoms with Crippen molar-refractivity contribution in [3.05, 3.63) is 54.0 Å². The third kappa shape index (κ3) is 3.37. The van der Waals surface area contributed by atoms with E-state index in [2.05, 4.69) is 10.6 Å². The summed E-state index contributed by atoms with van der Waals surface area (Å²) in [7, 11) is 0. The predicted molar refractivity (Wildman–Crippen MR) is 98.2 cm³/mol. The lowest BCUT2D eigenvalue weighted by Gasteiger charge is -2.39. The zero-order valence-electron chi connectivity index (χ0n) is 14.7. The van der Waals surface area contributed by atoms with Gasteiger partial charge in [-0.1, -0.05) is 6.07 Å². The normalized spacial score (nSPS) is 18.8. The zero-order chi connectivity index (χ0) is 18.0. The second-order valence-corrected chi connectivity index (χ2v) is 7.23. The standard InChI is InChI=1S/C20H23N3O3/c24-18(17-5-2-12-26-17)22-16-4-1-3-15(13-16)19(25)23-10-7-20(8-11-23)6-9-21-14-20/h1-5,12-13,21H,6-11,14H2,(H,22,24). The Labute approximate surface area is 152 Å². The van der Waals surface area contributed by atoms with Crippen molar-refractivity contribution in [2.45, 2.75) is 19.3 Å². The number of hydrogen-bond acceptors (Lipinski definition) is 4. The highest BCUT2D eigenvalue weighted by atomic mass is 16.3. The predicted octanol–water partition coefficient (Wildman–Crippen LogP) is 2.75. The van der Waals surface area contributed by atoms with E-state index in [0.717, 1.165) is 39.0 Å². The van der Waals surface area contributed by atoms with Crippen molar-refractivity contribution >= 4 is 17.5 Å². The molecule has 0 aliphatic carbocycles. The van der Waals surface area contributed by atoms with E-state index >= 15 is 0 Å². The molecule has 2 fully saturated rings. The van der Waals surface area contributed by atoms with Crippen molar-refractivity contribution in [1.82, 2.24) is 10.2 Å². The lowest BCUT2D eigenvalue weighted by Crippen LogP contribution is -2.44. The topological polar surface area (TPSA) is 74.6 Å². The Hall–Kier alpha value is -2.60. The van der Waals surface area contributed by atoms with Gasteiger partial charge in [0.15, 0.2) is 5.76 Å². The third-order valence-electron chi connectivity index (χ3n) is 5.56. The molecule has 6 nitrogen and oxygen atoms in total. The van der Waals surface area contributed by atoms with E-state index < -0.39 is 0 Å². The van der Waals surface area contributed by atoms with Gasteiger partial charge in [0, 0.05) is 30.9 Å². The van der Waals surface area contributed by atoms with Crippen LogP contribution in [-0.2, 0) is 0 Å². The van der Waals surface area contributed by atoms with Gasteiger partial charge in [0.1, 0.15) is 0 Å². The fourth-order valence-electron chi connectivity index (χ4n) is 3.92.